The molecule has 1 aliphatic rings. The van der Waals surface area contributed by atoms with Crippen molar-refractivity contribution in [3.8, 4) is 0 Å². The lowest BCUT2D eigenvalue weighted by molar-refractivity contribution is 0.102. The number of anilines is 2. The maximum Gasteiger partial charge on any atom is 0.260 e. The van der Waals surface area contributed by atoms with Crippen LogP contribution < -0.4 is 10.6 Å². The summed E-state index contributed by atoms with van der Waals surface area (Å²) in [6, 6.07) is 7.91. The molecule has 3 aromatic rings. The summed E-state index contributed by atoms with van der Waals surface area (Å²) in [6.07, 6.45) is 3.63. The van der Waals surface area contributed by atoms with Crippen molar-refractivity contribution in [2.75, 3.05) is 10.6 Å². The molecular weight excluding hydrogens is 340 g/mol. The molecule has 1 fully saturated rings. The summed E-state index contributed by atoms with van der Waals surface area (Å²) in [5.74, 6) is 1.41. The lowest BCUT2D eigenvalue weighted by Crippen LogP contribution is -2.18. The Balaban J connectivity index is 1.67. The third-order valence-corrected chi connectivity index (χ3v) is 5.15. The first-order valence-electron chi connectivity index (χ1n) is 9.30. The van der Waals surface area contributed by atoms with E-state index in [1.165, 1.54) is 11.9 Å². The number of fused-ring (bicyclic) bond motifs is 1. The summed E-state index contributed by atoms with van der Waals surface area (Å²) in [5.41, 5.74) is 2.92. The van der Waals surface area contributed by atoms with Gasteiger partial charge in [0, 0.05) is 11.2 Å². The SMILES string of the molecule is Cc1oc2ncnc(NC3(C)CC3)c2c1C(=O)Nc1ccc(C(C)C)cc1. The molecule has 1 amide bonds. The average Bonchev–Trinajstić information content (AvgIpc) is 3.23. The number of carbonyl (C=O) groups is 1. The normalized spacial score (nSPS) is 15.1. The second-order valence-corrected chi connectivity index (χ2v) is 7.85. The van der Waals surface area contributed by atoms with E-state index >= 15 is 0 Å². The molecule has 6 nitrogen and oxygen atoms in total. The summed E-state index contributed by atoms with van der Waals surface area (Å²) < 4.78 is 5.73. The highest BCUT2D eigenvalue weighted by atomic mass is 16.3. The van der Waals surface area contributed by atoms with Gasteiger partial charge in [-0.2, -0.15) is 0 Å². The summed E-state index contributed by atoms with van der Waals surface area (Å²) in [6.45, 7) is 8.21. The van der Waals surface area contributed by atoms with Crippen LogP contribution >= 0.6 is 0 Å². The Hall–Kier alpha value is -2.89. The number of nitrogens with zero attached hydrogens (tertiary/aromatic N) is 2. The zero-order valence-corrected chi connectivity index (χ0v) is 16.1. The van der Waals surface area contributed by atoms with E-state index in [0.717, 1.165) is 18.5 Å². The summed E-state index contributed by atoms with van der Waals surface area (Å²) in [4.78, 5) is 21.6. The van der Waals surface area contributed by atoms with Crippen molar-refractivity contribution in [2.24, 2.45) is 0 Å². The highest BCUT2D eigenvalue weighted by Gasteiger charge is 2.38. The largest absolute Gasteiger partial charge is 0.442 e. The van der Waals surface area contributed by atoms with Gasteiger partial charge in [-0.25, -0.2) is 9.97 Å². The Labute approximate surface area is 158 Å². The van der Waals surface area contributed by atoms with Crippen LogP contribution in [0.3, 0.4) is 0 Å². The van der Waals surface area contributed by atoms with Gasteiger partial charge >= 0.3 is 0 Å². The van der Waals surface area contributed by atoms with Crippen LogP contribution in [0.5, 0.6) is 0 Å². The van der Waals surface area contributed by atoms with Crippen LogP contribution in [0.25, 0.3) is 11.1 Å². The molecule has 0 unspecified atom stereocenters. The molecule has 140 valence electrons. The molecule has 1 saturated carbocycles. The number of hydrogen-bond donors (Lipinski definition) is 2. The Morgan fingerprint density at radius 1 is 1.19 bits per heavy atom. The van der Waals surface area contributed by atoms with Crippen LogP contribution in [0.2, 0.25) is 0 Å². The molecule has 27 heavy (non-hydrogen) atoms. The van der Waals surface area contributed by atoms with E-state index < -0.39 is 0 Å². The fourth-order valence-corrected chi connectivity index (χ4v) is 3.16. The van der Waals surface area contributed by atoms with E-state index in [2.05, 4.69) is 41.4 Å². The van der Waals surface area contributed by atoms with Crippen molar-refractivity contribution in [2.45, 2.75) is 52.0 Å². The number of aromatic nitrogens is 2. The molecule has 6 heteroatoms. The molecule has 1 aliphatic carbocycles. The molecule has 0 aliphatic heterocycles. The van der Waals surface area contributed by atoms with Gasteiger partial charge in [0.1, 0.15) is 17.9 Å². The van der Waals surface area contributed by atoms with E-state index in [0.29, 0.717) is 34.2 Å². The van der Waals surface area contributed by atoms with Crippen molar-refractivity contribution < 1.29 is 9.21 Å². The average molecular weight is 364 g/mol. The lowest BCUT2D eigenvalue weighted by Gasteiger charge is -2.13. The topological polar surface area (TPSA) is 80.1 Å². The second-order valence-electron chi connectivity index (χ2n) is 7.85. The highest BCUT2D eigenvalue weighted by Crippen LogP contribution is 2.40. The van der Waals surface area contributed by atoms with Crippen molar-refractivity contribution >= 4 is 28.5 Å². The number of rotatable bonds is 5. The Bertz CT molecular complexity index is 1000. The van der Waals surface area contributed by atoms with E-state index in [9.17, 15) is 4.79 Å². The van der Waals surface area contributed by atoms with Crippen molar-refractivity contribution in [3.05, 3.63) is 47.5 Å². The number of benzene rings is 1. The van der Waals surface area contributed by atoms with Gasteiger partial charge in [0.05, 0.1) is 10.9 Å². The first kappa shape index (κ1) is 17.5. The van der Waals surface area contributed by atoms with Gasteiger partial charge in [0.25, 0.3) is 5.91 Å². The van der Waals surface area contributed by atoms with E-state index in [1.54, 1.807) is 6.92 Å². The molecular formula is C21H24N4O2. The fraction of sp³-hybridized carbons (Fsp3) is 0.381. The van der Waals surface area contributed by atoms with Gasteiger partial charge in [-0.15, -0.1) is 0 Å². The van der Waals surface area contributed by atoms with Crippen molar-refractivity contribution in [1.29, 1.82) is 0 Å². The zero-order valence-electron chi connectivity index (χ0n) is 16.1. The van der Waals surface area contributed by atoms with E-state index in [4.69, 9.17) is 4.42 Å². The third kappa shape index (κ3) is 3.39. The van der Waals surface area contributed by atoms with Crippen molar-refractivity contribution in [3.63, 3.8) is 0 Å². The number of aryl methyl sites for hydroxylation is 1. The second kappa shape index (κ2) is 6.37. The van der Waals surface area contributed by atoms with Crippen molar-refractivity contribution in [1.82, 2.24) is 9.97 Å². The molecule has 0 radical (unpaired) electrons. The van der Waals surface area contributed by atoms with Crippen LogP contribution in [0, 0.1) is 6.92 Å². The van der Waals surface area contributed by atoms with E-state index in [1.807, 2.05) is 24.3 Å². The highest BCUT2D eigenvalue weighted by molar-refractivity contribution is 6.15. The Morgan fingerprint density at radius 3 is 2.52 bits per heavy atom. The number of nitrogens with one attached hydrogen (secondary N) is 2. The summed E-state index contributed by atoms with van der Waals surface area (Å²) >= 11 is 0. The van der Waals surface area contributed by atoms with Crippen LogP contribution in [0.1, 0.15) is 61.2 Å². The molecule has 0 bridgehead atoms. The minimum absolute atomic E-state index is 0.0346. The van der Waals surface area contributed by atoms with Gasteiger partial charge in [-0.3, -0.25) is 4.79 Å². The van der Waals surface area contributed by atoms with Crippen LogP contribution in [0.4, 0.5) is 11.5 Å². The van der Waals surface area contributed by atoms with Gasteiger partial charge in [-0.05, 0) is 50.3 Å². The maximum atomic E-state index is 13.0. The molecule has 0 saturated heterocycles. The number of amides is 1. The molecule has 2 aromatic heterocycles. The minimum Gasteiger partial charge on any atom is -0.442 e. The first-order valence-corrected chi connectivity index (χ1v) is 9.30. The van der Waals surface area contributed by atoms with Gasteiger partial charge in [-0.1, -0.05) is 26.0 Å². The van der Waals surface area contributed by atoms with Gasteiger partial charge < -0.3 is 15.1 Å². The van der Waals surface area contributed by atoms with Crippen LogP contribution in [-0.2, 0) is 0 Å². The smallest absolute Gasteiger partial charge is 0.260 e. The number of furan rings is 1. The monoisotopic (exact) mass is 364 g/mol. The molecule has 0 spiro atoms. The van der Waals surface area contributed by atoms with Crippen LogP contribution in [0.15, 0.2) is 35.0 Å². The van der Waals surface area contributed by atoms with Crippen LogP contribution in [-0.4, -0.2) is 21.4 Å². The predicted octanol–water partition coefficient (Wildman–Crippen LogP) is 4.87. The van der Waals surface area contributed by atoms with Gasteiger partial charge in [0.2, 0.25) is 5.71 Å². The predicted molar refractivity (Wildman–Crippen MR) is 106 cm³/mol. The quantitative estimate of drug-likeness (QED) is 0.675. The lowest BCUT2D eigenvalue weighted by atomic mass is 10.0. The molecule has 0 atom stereocenters. The Morgan fingerprint density at radius 2 is 1.89 bits per heavy atom. The molecule has 4 rings (SSSR count). The number of carbonyl (C=O) groups excluding carboxylic acids is 1. The summed E-state index contributed by atoms with van der Waals surface area (Å²) in [5, 5.41) is 7.04. The molecule has 1 aromatic carbocycles. The zero-order chi connectivity index (χ0) is 19.2. The maximum absolute atomic E-state index is 13.0. The third-order valence-electron chi connectivity index (χ3n) is 5.15. The standard InChI is InChI=1S/C21H24N4O2/c1-12(2)14-5-7-15(8-6-14)24-19(26)16-13(3)27-20-17(16)18(22-11-23-20)25-21(4)9-10-21/h5-8,11-12H,9-10H2,1-4H3,(H,24,26)(H,22,23,25). The fourth-order valence-electron chi connectivity index (χ4n) is 3.16. The number of hydrogen-bond acceptors (Lipinski definition) is 5. The Kier molecular flexibility index (Phi) is 4.13. The molecule has 2 heterocycles. The van der Waals surface area contributed by atoms with Gasteiger partial charge in [0.15, 0.2) is 0 Å². The first-order chi connectivity index (χ1) is 12.9. The summed E-state index contributed by atoms with van der Waals surface area (Å²) in [7, 11) is 0. The molecule has 2 N–H and O–H groups in total. The minimum atomic E-state index is -0.220. The van der Waals surface area contributed by atoms with E-state index in [-0.39, 0.29) is 11.4 Å².